The molecule has 0 spiro atoms. The van der Waals surface area contributed by atoms with Crippen LogP contribution in [0.1, 0.15) is 44.7 Å². The van der Waals surface area contributed by atoms with Crippen LogP contribution in [0.5, 0.6) is 0 Å². The number of likely N-dealkylation sites (tertiary alicyclic amines) is 1. The van der Waals surface area contributed by atoms with E-state index >= 15 is 0 Å². The summed E-state index contributed by atoms with van der Waals surface area (Å²) in [5.74, 6) is -0.733. The lowest BCUT2D eigenvalue weighted by Crippen LogP contribution is -2.41. The van der Waals surface area contributed by atoms with Crippen LogP contribution < -0.4 is 10.6 Å². The lowest BCUT2D eigenvalue weighted by molar-refractivity contribution is 0.102. The molecule has 3 amide bonds. The molecule has 0 radical (unpaired) electrons. The summed E-state index contributed by atoms with van der Waals surface area (Å²) in [5.41, 5.74) is 3.46. The molecule has 7 nitrogen and oxygen atoms in total. The highest BCUT2D eigenvalue weighted by Gasteiger charge is 2.28. The lowest BCUT2D eigenvalue weighted by Gasteiger charge is -2.31. The number of hydrogen-bond donors (Lipinski definition) is 2. The summed E-state index contributed by atoms with van der Waals surface area (Å²) in [7, 11) is 0. The van der Waals surface area contributed by atoms with Crippen molar-refractivity contribution in [1.82, 2.24) is 15.1 Å². The molecule has 32 heavy (non-hydrogen) atoms. The van der Waals surface area contributed by atoms with Crippen LogP contribution in [0.15, 0.2) is 42.5 Å². The first kappa shape index (κ1) is 21.9. The Balaban J connectivity index is 1.39. The molecule has 166 valence electrons. The van der Waals surface area contributed by atoms with Gasteiger partial charge >= 0.3 is 6.03 Å². The number of rotatable bonds is 4. The number of nitrogens with one attached hydrogen (secondary N) is 2. The number of anilines is 2. The van der Waals surface area contributed by atoms with Gasteiger partial charge in [-0.05, 0) is 62.6 Å². The van der Waals surface area contributed by atoms with Crippen LogP contribution in [0, 0.1) is 19.7 Å². The van der Waals surface area contributed by atoms with Gasteiger partial charge in [0.2, 0.25) is 5.01 Å². The molecule has 0 aliphatic carbocycles. The number of hydrogen-bond acceptors (Lipinski definition) is 5. The molecule has 0 bridgehead atoms. The maximum Gasteiger partial charge on any atom is 0.321 e. The third-order valence-corrected chi connectivity index (χ3v) is 6.50. The fraction of sp³-hybridized carbons (Fsp3) is 0.304. The molecule has 2 aromatic carbocycles. The van der Waals surface area contributed by atoms with E-state index in [-0.39, 0.29) is 28.7 Å². The van der Waals surface area contributed by atoms with Crippen molar-refractivity contribution >= 4 is 34.6 Å². The number of halogens is 1. The summed E-state index contributed by atoms with van der Waals surface area (Å²) < 4.78 is 13.0. The molecule has 3 aromatic rings. The lowest BCUT2D eigenvalue weighted by atomic mass is 9.99. The van der Waals surface area contributed by atoms with Gasteiger partial charge in [-0.2, -0.15) is 0 Å². The van der Waals surface area contributed by atoms with Crippen molar-refractivity contribution in [3.63, 3.8) is 0 Å². The zero-order chi connectivity index (χ0) is 22.7. The van der Waals surface area contributed by atoms with E-state index in [1.807, 2.05) is 32.0 Å². The Morgan fingerprint density at radius 3 is 2.62 bits per heavy atom. The SMILES string of the molecule is Cc1ccc(NC(=O)N2CCC[C@@H](c3nnc(C(=O)Nc4ccc(F)cc4)s3)C2)c(C)c1. The smallest absolute Gasteiger partial charge is 0.321 e. The molecule has 4 rings (SSSR count). The van der Waals surface area contributed by atoms with Gasteiger partial charge in [0.25, 0.3) is 5.91 Å². The predicted octanol–water partition coefficient (Wildman–Crippen LogP) is 4.96. The average molecular weight is 454 g/mol. The summed E-state index contributed by atoms with van der Waals surface area (Å²) in [6, 6.07) is 11.3. The van der Waals surface area contributed by atoms with Gasteiger partial charge < -0.3 is 15.5 Å². The Labute approximate surface area is 189 Å². The number of piperidine rings is 1. The van der Waals surface area contributed by atoms with Crippen molar-refractivity contribution in [2.75, 3.05) is 23.7 Å². The van der Waals surface area contributed by atoms with Crippen LogP contribution in [0.25, 0.3) is 0 Å². The molecule has 1 aliphatic heterocycles. The fourth-order valence-electron chi connectivity index (χ4n) is 3.72. The normalized spacial score (nSPS) is 16.0. The largest absolute Gasteiger partial charge is 0.324 e. The average Bonchev–Trinajstić information content (AvgIpc) is 3.28. The summed E-state index contributed by atoms with van der Waals surface area (Å²) in [6.45, 7) is 5.18. The predicted molar refractivity (Wildman–Crippen MR) is 123 cm³/mol. The van der Waals surface area contributed by atoms with Crippen LogP contribution >= 0.6 is 11.3 Å². The highest BCUT2D eigenvalue weighted by atomic mass is 32.1. The molecule has 9 heteroatoms. The van der Waals surface area contributed by atoms with Crippen molar-refractivity contribution in [3.05, 3.63) is 69.4 Å². The second kappa shape index (κ2) is 9.44. The minimum atomic E-state index is -0.388. The molecule has 2 N–H and O–H groups in total. The third kappa shape index (κ3) is 5.11. The van der Waals surface area contributed by atoms with E-state index in [4.69, 9.17) is 0 Å². The molecule has 0 saturated carbocycles. The Kier molecular flexibility index (Phi) is 6.45. The zero-order valence-electron chi connectivity index (χ0n) is 17.9. The minimum Gasteiger partial charge on any atom is -0.324 e. The second-order valence-electron chi connectivity index (χ2n) is 7.94. The van der Waals surface area contributed by atoms with Gasteiger partial charge in [-0.1, -0.05) is 29.0 Å². The number of amides is 3. The van der Waals surface area contributed by atoms with Crippen LogP contribution in [0.2, 0.25) is 0 Å². The summed E-state index contributed by atoms with van der Waals surface area (Å²) in [4.78, 5) is 27.1. The van der Waals surface area contributed by atoms with Gasteiger partial charge in [0.1, 0.15) is 10.8 Å². The van der Waals surface area contributed by atoms with Crippen LogP contribution in [-0.4, -0.2) is 40.1 Å². The summed E-state index contributed by atoms with van der Waals surface area (Å²) in [5, 5.41) is 14.9. The van der Waals surface area contributed by atoms with Crippen molar-refractivity contribution in [1.29, 1.82) is 0 Å². The van der Waals surface area contributed by atoms with E-state index in [0.29, 0.717) is 18.8 Å². The Morgan fingerprint density at radius 2 is 1.88 bits per heavy atom. The molecule has 1 aliphatic rings. The van der Waals surface area contributed by atoms with Gasteiger partial charge in [0, 0.05) is 30.4 Å². The Morgan fingerprint density at radius 1 is 1.09 bits per heavy atom. The number of nitrogens with zero attached hydrogens (tertiary/aromatic N) is 3. The number of carbonyl (C=O) groups is 2. The molecule has 0 unspecified atom stereocenters. The molecule has 1 aromatic heterocycles. The number of carbonyl (C=O) groups excluding carboxylic acids is 2. The van der Waals surface area contributed by atoms with Crippen LogP contribution in [0.4, 0.5) is 20.6 Å². The van der Waals surface area contributed by atoms with Crippen molar-refractivity contribution in [2.45, 2.75) is 32.6 Å². The first-order chi connectivity index (χ1) is 15.4. The fourth-order valence-corrected chi connectivity index (χ4v) is 4.58. The minimum absolute atomic E-state index is 0.0264. The molecule has 2 heterocycles. The molecule has 1 atom stereocenters. The van der Waals surface area contributed by atoms with E-state index in [2.05, 4.69) is 20.8 Å². The third-order valence-electron chi connectivity index (χ3n) is 5.42. The van der Waals surface area contributed by atoms with Crippen molar-refractivity contribution in [2.24, 2.45) is 0 Å². The maximum absolute atomic E-state index is 13.0. The number of aromatic nitrogens is 2. The van der Waals surface area contributed by atoms with Crippen molar-refractivity contribution in [3.8, 4) is 0 Å². The van der Waals surface area contributed by atoms with Gasteiger partial charge in [0.15, 0.2) is 0 Å². The summed E-state index contributed by atoms with van der Waals surface area (Å²) in [6.07, 6.45) is 1.73. The van der Waals surface area contributed by atoms with Crippen LogP contribution in [0.3, 0.4) is 0 Å². The van der Waals surface area contributed by atoms with E-state index in [0.717, 1.165) is 34.7 Å². The molecule has 1 fully saturated rings. The molecular weight excluding hydrogens is 429 g/mol. The van der Waals surface area contributed by atoms with Gasteiger partial charge in [-0.25, -0.2) is 9.18 Å². The zero-order valence-corrected chi connectivity index (χ0v) is 18.7. The van der Waals surface area contributed by atoms with E-state index in [1.165, 1.54) is 35.6 Å². The Hall–Kier alpha value is -3.33. The Bertz CT molecular complexity index is 1130. The number of aryl methyl sites for hydroxylation is 2. The molecule has 1 saturated heterocycles. The maximum atomic E-state index is 13.0. The highest BCUT2D eigenvalue weighted by molar-refractivity contribution is 7.13. The quantitative estimate of drug-likeness (QED) is 0.585. The van der Waals surface area contributed by atoms with Crippen LogP contribution in [-0.2, 0) is 0 Å². The molecular formula is C23H24FN5O2S. The highest BCUT2D eigenvalue weighted by Crippen LogP contribution is 2.30. The van der Waals surface area contributed by atoms with E-state index < -0.39 is 0 Å². The topological polar surface area (TPSA) is 87.2 Å². The summed E-state index contributed by atoms with van der Waals surface area (Å²) >= 11 is 1.22. The monoisotopic (exact) mass is 453 g/mol. The number of benzene rings is 2. The first-order valence-electron chi connectivity index (χ1n) is 10.4. The second-order valence-corrected chi connectivity index (χ2v) is 8.95. The van der Waals surface area contributed by atoms with Gasteiger partial charge in [0.05, 0.1) is 0 Å². The number of urea groups is 1. The van der Waals surface area contributed by atoms with E-state index in [9.17, 15) is 14.0 Å². The van der Waals surface area contributed by atoms with Gasteiger partial charge in [-0.15, -0.1) is 10.2 Å². The standard InChI is InChI=1S/C23H24FN5O2S/c1-14-5-10-19(15(2)12-14)26-23(31)29-11-3-4-16(13-29)21-27-28-22(32-21)20(30)25-18-8-6-17(24)7-9-18/h5-10,12,16H,3-4,11,13H2,1-2H3,(H,25,30)(H,26,31)/t16-/m1/s1. The van der Waals surface area contributed by atoms with E-state index in [1.54, 1.807) is 4.90 Å². The van der Waals surface area contributed by atoms with Crippen molar-refractivity contribution < 1.29 is 14.0 Å². The van der Waals surface area contributed by atoms with Gasteiger partial charge in [-0.3, -0.25) is 4.79 Å². The first-order valence-corrected chi connectivity index (χ1v) is 11.2.